The summed E-state index contributed by atoms with van der Waals surface area (Å²) in [4.78, 5) is 10.9. The van der Waals surface area contributed by atoms with Crippen LogP contribution >= 0.6 is 11.3 Å². The second-order valence-corrected chi connectivity index (χ2v) is 4.56. The van der Waals surface area contributed by atoms with Gasteiger partial charge in [-0.2, -0.15) is 4.98 Å². The summed E-state index contributed by atoms with van der Waals surface area (Å²) in [6, 6.07) is 0. The second kappa shape index (κ2) is 3.88. The smallest absolute Gasteiger partial charge is 0.222 e. The molecule has 0 amide bonds. The lowest BCUT2D eigenvalue weighted by atomic mass is 10.3. The van der Waals surface area contributed by atoms with E-state index in [-0.39, 0.29) is 0 Å². The molecule has 1 saturated heterocycles. The molecule has 5 nitrogen and oxygen atoms in total. The van der Waals surface area contributed by atoms with Crippen molar-refractivity contribution in [2.24, 2.45) is 0 Å². The molecular weight excluding hydrogens is 222 g/mol. The van der Waals surface area contributed by atoms with Crippen molar-refractivity contribution in [1.29, 1.82) is 0 Å². The van der Waals surface area contributed by atoms with Crippen molar-refractivity contribution >= 4 is 34.0 Å². The fourth-order valence-corrected chi connectivity index (χ4v) is 2.72. The quantitative estimate of drug-likeness (QED) is 0.761. The summed E-state index contributed by atoms with van der Waals surface area (Å²) in [5.41, 5.74) is 6.68. The minimum atomic E-state index is 0.361. The molecule has 2 aromatic heterocycles. The molecule has 0 saturated carbocycles. The Morgan fingerprint density at radius 2 is 2.06 bits per heavy atom. The third-order valence-electron chi connectivity index (χ3n) is 2.75. The average molecular weight is 235 g/mol. The number of anilines is 2. The summed E-state index contributed by atoms with van der Waals surface area (Å²) in [5, 5.41) is 8.54. The SMILES string of the molecule is Nc1nc(N2CCNCC2)c2cscc2n1. The minimum Gasteiger partial charge on any atom is -0.368 e. The predicted octanol–water partition coefficient (Wildman–Crippen LogP) is 0.683. The number of hydrogen-bond donors (Lipinski definition) is 2. The van der Waals surface area contributed by atoms with Gasteiger partial charge < -0.3 is 16.0 Å². The van der Waals surface area contributed by atoms with Gasteiger partial charge in [0.05, 0.1) is 10.9 Å². The van der Waals surface area contributed by atoms with Gasteiger partial charge >= 0.3 is 0 Å². The van der Waals surface area contributed by atoms with E-state index < -0.39 is 0 Å². The molecule has 16 heavy (non-hydrogen) atoms. The van der Waals surface area contributed by atoms with Gasteiger partial charge in [-0.05, 0) is 0 Å². The van der Waals surface area contributed by atoms with Crippen molar-refractivity contribution in [1.82, 2.24) is 15.3 Å². The van der Waals surface area contributed by atoms with Gasteiger partial charge in [0, 0.05) is 36.9 Å². The summed E-state index contributed by atoms with van der Waals surface area (Å²) in [6.07, 6.45) is 0. The van der Waals surface area contributed by atoms with Crippen LogP contribution in [0.4, 0.5) is 11.8 Å². The molecule has 0 aliphatic carbocycles. The van der Waals surface area contributed by atoms with Gasteiger partial charge in [-0.15, -0.1) is 11.3 Å². The molecule has 1 aliphatic heterocycles. The highest BCUT2D eigenvalue weighted by molar-refractivity contribution is 7.09. The number of aromatic nitrogens is 2. The van der Waals surface area contributed by atoms with Crippen LogP contribution in [0.15, 0.2) is 10.8 Å². The first kappa shape index (κ1) is 9.80. The van der Waals surface area contributed by atoms with Gasteiger partial charge in [0.15, 0.2) is 0 Å². The molecule has 0 spiro atoms. The Labute approximate surface area is 97.3 Å². The number of nitrogens with one attached hydrogen (secondary N) is 1. The molecule has 84 valence electrons. The molecule has 0 unspecified atom stereocenters. The summed E-state index contributed by atoms with van der Waals surface area (Å²) in [7, 11) is 0. The number of fused-ring (bicyclic) bond motifs is 1. The van der Waals surface area contributed by atoms with E-state index in [0.29, 0.717) is 5.95 Å². The highest BCUT2D eigenvalue weighted by atomic mass is 32.1. The van der Waals surface area contributed by atoms with Gasteiger partial charge in [0.25, 0.3) is 0 Å². The van der Waals surface area contributed by atoms with Gasteiger partial charge in [0.1, 0.15) is 5.82 Å². The zero-order valence-electron chi connectivity index (χ0n) is 8.81. The molecule has 3 N–H and O–H groups in total. The van der Waals surface area contributed by atoms with E-state index in [9.17, 15) is 0 Å². The Balaban J connectivity index is 2.09. The van der Waals surface area contributed by atoms with Crippen molar-refractivity contribution in [3.05, 3.63) is 10.8 Å². The van der Waals surface area contributed by atoms with Crippen LogP contribution < -0.4 is 16.0 Å². The predicted molar refractivity (Wildman–Crippen MR) is 66.9 cm³/mol. The molecule has 2 aromatic rings. The van der Waals surface area contributed by atoms with Crippen LogP contribution in [0.25, 0.3) is 10.9 Å². The topological polar surface area (TPSA) is 67.1 Å². The van der Waals surface area contributed by atoms with Gasteiger partial charge in [-0.3, -0.25) is 0 Å². The average Bonchev–Trinajstić information content (AvgIpc) is 2.77. The molecule has 0 radical (unpaired) electrons. The maximum absolute atomic E-state index is 5.73. The van der Waals surface area contributed by atoms with E-state index >= 15 is 0 Å². The summed E-state index contributed by atoms with van der Waals surface area (Å²) >= 11 is 1.64. The zero-order chi connectivity index (χ0) is 11.0. The summed E-state index contributed by atoms with van der Waals surface area (Å²) < 4.78 is 0. The Kier molecular flexibility index (Phi) is 2.37. The molecule has 0 atom stereocenters. The molecule has 0 aromatic carbocycles. The van der Waals surface area contributed by atoms with Crippen molar-refractivity contribution in [3.63, 3.8) is 0 Å². The Morgan fingerprint density at radius 3 is 2.88 bits per heavy atom. The Hall–Kier alpha value is -1.40. The maximum Gasteiger partial charge on any atom is 0.222 e. The number of nitrogens with zero attached hydrogens (tertiary/aromatic N) is 3. The lowest BCUT2D eigenvalue weighted by molar-refractivity contribution is 0.586. The molecule has 6 heteroatoms. The largest absolute Gasteiger partial charge is 0.368 e. The fraction of sp³-hybridized carbons (Fsp3) is 0.400. The van der Waals surface area contributed by atoms with Crippen molar-refractivity contribution in [2.45, 2.75) is 0 Å². The van der Waals surface area contributed by atoms with E-state index in [1.807, 2.05) is 5.38 Å². The van der Waals surface area contributed by atoms with Crippen LogP contribution in [0.2, 0.25) is 0 Å². The van der Waals surface area contributed by atoms with E-state index in [1.54, 1.807) is 11.3 Å². The standard InChI is InChI=1S/C10H13N5S/c11-10-13-8-6-16-5-7(8)9(14-10)15-3-1-12-2-4-15/h5-6,12H,1-4H2,(H2,11,13). The van der Waals surface area contributed by atoms with E-state index in [0.717, 1.165) is 42.9 Å². The van der Waals surface area contributed by atoms with E-state index in [2.05, 4.69) is 25.6 Å². The van der Waals surface area contributed by atoms with Crippen LogP contribution in [-0.2, 0) is 0 Å². The monoisotopic (exact) mass is 235 g/mol. The summed E-state index contributed by atoms with van der Waals surface area (Å²) in [5.74, 6) is 1.34. The van der Waals surface area contributed by atoms with Crippen LogP contribution in [0, 0.1) is 0 Å². The lowest BCUT2D eigenvalue weighted by Gasteiger charge is -2.28. The maximum atomic E-state index is 5.73. The van der Waals surface area contributed by atoms with Gasteiger partial charge in [0.2, 0.25) is 5.95 Å². The van der Waals surface area contributed by atoms with Crippen molar-refractivity contribution < 1.29 is 0 Å². The Bertz CT molecular complexity index is 503. The number of hydrogen-bond acceptors (Lipinski definition) is 6. The molecule has 1 aliphatic rings. The highest BCUT2D eigenvalue weighted by Crippen LogP contribution is 2.27. The van der Waals surface area contributed by atoms with Crippen LogP contribution in [0.3, 0.4) is 0 Å². The zero-order valence-corrected chi connectivity index (χ0v) is 9.63. The molecule has 0 bridgehead atoms. The first-order chi connectivity index (χ1) is 7.84. The number of nitrogen functional groups attached to an aromatic ring is 1. The second-order valence-electron chi connectivity index (χ2n) is 3.81. The molecule has 1 fully saturated rings. The molecular formula is C10H13N5S. The number of rotatable bonds is 1. The first-order valence-electron chi connectivity index (χ1n) is 5.30. The normalized spacial score (nSPS) is 16.9. The third-order valence-corrected chi connectivity index (χ3v) is 3.49. The highest BCUT2D eigenvalue weighted by Gasteiger charge is 2.16. The van der Waals surface area contributed by atoms with Gasteiger partial charge in [-0.1, -0.05) is 0 Å². The van der Waals surface area contributed by atoms with Crippen molar-refractivity contribution in [3.8, 4) is 0 Å². The fourth-order valence-electron chi connectivity index (χ4n) is 1.98. The van der Waals surface area contributed by atoms with Crippen LogP contribution in [0.1, 0.15) is 0 Å². The lowest BCUT2D eigenvalue weighted by Crippen LogP contribution is -2.44. The van der Waals surface area contributed by atoms with Gasteiger partial charge in [-0.25, -0.2) is 4.98 Å². The first-order valence-corrected chi connectivity index (χ1v) is 6.24. The number of piperazine rings is 1. The molecule has 3 heterocycles. The third kappa shape index (κ3) is 1.60. The summed E-state index contributed by atoms with van der Waals surface area (Å²) in [6.45, 7) is 3.94. The van der Waals surface area contributed by atoms with Crippen LogP contribution in [-0.4, -0.2) is 36.1 Å². The number of nitrogens with two attached hydrogens (primary N) is 1. The van der Waals surface area contributed by atoms with E-state index in [4.69, 9.17) is 5.73 Å². The molecule has 3 rings (SSSR count). The Morgan fingerprint density at radius 1 is 1.25 bits per heavy atom. The number of thiophene rings is 1. The van der Waals surface area contributed by atoms with Crippen LogP contribution in [0.5, 0.6) is 0 Å². The van der Waals surface area contributed by atoms with E-state index in [1.165, 1.54) is 0 Å². The minimum absolute atomic E-state index is 0.361. The van der Waals surface area contributed by atoms with Crippen molar-refractivity contribution in [2.75, 3.05) is 36.8 Å².